The molecule has 0 heterocycles. The van der Waals surface area contributed by atoms with Crippen LogP contribution in [0.5, 0.6) is 5.75 Å². The van der Waals surface area contributed by atoms with Gasteiger partial charge in [-0.05, 0) is 39.4 Å². The largest absolute Gasteiger partial charge is 0.480 e. The van der Waals surface area contributed by atoms with Gasteiger partial charge in [0, 0.05) is 5.56 Å². The van der Waals surface area contributed by atoms with Crippen LogP contribution in [0, 0.1) is 0 Å². The molecule has 0 radical (unpaired) electrons. The summed E-state index contributed by atoms with van der Waals surface area (Å²) < 4.78 is 6.22. The summed E-state index contributed by atoms with van der Waals surface area (Å²) in [6.07, 6.45) is 0.931. The molecule has 1 aromatic carbocycles. The number of ether oxygens (including phenoxy) is 1. The van der Waals surface area contributed by atoms with Gasteiger partial charge < -0.3 is 9.84 Å². The molecule has 0 aliphatic carbocycles. The highest BCUT2D eigenvalue weighted by atomic mass is 79.9. The molecule has 0 amide bonds. The Balaban J connectivity index is 3.25. The van der Waals surface area contributed by atoms with Crippen molar-refractivity contribution in [1.82, 2.24) is 0 Å². The van der Waals surface area contributed by atoms with Crippen molar-refractivity contribution in [2.45, 2.75) is 39.5 Å². The summed E-state index contributed by atoms with van der Waals surface area (Å²) in [4.78, 5) is 10.6. The first-order valence-electron chi connectivity index (χ1n) is 5.93. The van der Waals surface area contributed by atoms with Crippen LogP contribution >= 0.6 is 15.9 Å². The number of aliphatic carboxylic acids is 1. The van der Waals surface area contributed by atoms with Gasteiger partial charge in [-0.3, -0.25) is 0 Å². The van der Waals surface area contributed by atoms with Crippen molar-refractivity contribution >= 4 is 21.9 Å². The Kier molecular flexibility index (Phi) is 4.79. The van der Waals surface area contributed by atoms with Crippen LogP contribution < -0.4 is 4.74 Å². The Labute approximate surface area is 116 Å². The highest BCUT2D eigenvalue weighted by molar-refractivity contribution is 9.10. The SMILES string of the molecule is CCc1cc(Br)c(OCC(=O)O)c(C(C)(C)C)c1. The molecule has 18 heavy (non-hydrogen) atoms. The van der Waals surface area contributed by atoms with Crippen LogP contribution in [0.3, 0.4) is 0 Å². The predicted octanol–water partition coefficient (Wildman–Crippen LogP) is 3.77. The molecule has 0 saturated carbocycles. The number of hydrogen-bond donors (Lipinski definition) is 1. The van der Waals surface area contributed by atoms with E-state index in [2.05, 4.69) is 49.7 Å². The lowest BCUT2D eigenvalue weighted by Crippen LogP contribution is -2.17. The third-order valence-electron chi connectivity index (χ3n) is 2.66. The second-order valence-corrected chi connectivity index (χ2v) is 6.09. The smallest absolute Gasteiger partial charge is 0.341 e. The number of halogens is 1. The standard InChI is InChI=1S/C14H19BrO3/c1-5-9-6-10(14(2,3)4)13(11(15)7-9)18-8-12(16)17/h6-7H,5,8H2,1-4H3,(H,16,17). The summed E-state index contributed by atoms with van der Waals surface area (Å²) in [5.41, 5.74) is 2.13. The minimum Gasteiger partial charge on any atom is -0.480 e. The zero-order chi connectivity index (χ0) is 13.9. The quantitative estimate of drug-likeness (QED) is 0.920. The monoisotopic (exact) mass is 314 g/mol. The van der Waals surface area contributed by atoms with Crippen LogP contribution in [0.15, 0.2) is 16.6 Å². The van der Waals surface area contributed by atoms with Gasteiger partial charge >= 0.3 is 5.97 Å². The van der Waals surface area contributed by atoms with Crippen LogP contribution in [-0.4, -0.2) is 17.7 Å². The van der Waals surface area contributed by atoms with E-state index >= 15 is 0 Å². The molecule has 3 nitrogen and oxygen atoms in total. The molecule has 100 valence electrons. The molecule has 0 atom stereocenters. The van der Waals surface area contributed by atoms with Gasteiger partial charge in [0.2, 0.25) is 0 Å². The third kappa shape index (κ3) is 3.73. The molecular formula is C14H19BrO3. The summed E-state index contributed by atoms with van der Waals surface area (Å²) in [6.45, 7) is 8.02. The molecule has 1 rings (SSSR count). The molecule has 0 aliphatic rings. The first-order chi connectivity index (χ1) is 8.25. The van der Waals surface area contributed by atoms with Gasteiger partial charge in [0.25, 0.3) is 0 Å². The Hall–Kier alpha value is -1.03. The summed E-state index contributed by atoms with van der Waals surface area (Å²) >= 11 is 3.46. The molecule has 4 heteroatoms. The van der Waals surface area contributed by atoms with E-state index in [-0.39, 0.29) is 12.0 Å². The maximum absolute atomic E-state index is 10.6. The van der Waals surface area contributed by atoms with Crippen molar-refractivity contribution in [2.75, 3.05) is 6.61 Å². The molecule has 0 bridgehead atoms. The first-order valence-corrected chi connectivity index (χ1v) is 6.72. The molecule has 0 aromatic heterocycles. The Morgan fingerprint density at radius 3 is 2.44 bits per heavy atom. The minimum absolute atomic E-state index is 0.0957. The number of carboxylic acid groups (broad SMARTS) is 1. The second-order valence-electron chi connectivity index (χ2n) is 5.24. The van der Waals surface area contributed by atoms with E-state index in [1.165, 1.54) is 5.56 Å². The highest BCUT2D eigenvalue weighted by Gasteiger charge is 2.22. The molecule has 0 aliphatic heterocycles. The van der Waals surface area contributed by atoms with Crippen molar-refractivity contribution in [3.63, 3.8) is 0 Å². The van der Waals surface area contributed by atoms with Crippen LogP contribution in [0.25, 0.3) is 0 Å². The molecule has 1 N–H and O–H groups in total. The van der Waals surface area contributed by atoms with E-state index in [1.54, 1.807) is 0 Å². The van der Waals surface area contributed by atoms with Crippen LogP contribution in [0.2, 0.25) is 0 Å². The average molecular weight is 315 g/mol. The van der Waals surface area contributed by atoms with E-state index in [0.717, 1.165) is 16.5 Å². The van der Waals surface area contributed by atoms with Gasteiger partial charge in [-0.1, -0.05) is 33.8 Å². The lowest BCUT2D eigenvalue weighted by atomic mass is 9.85. The Bertz CT molecular complexity index is 447. The van der Waals surface area contributed by atoms with E-state index < -0.39 is 5.97 Å². The summed E-state index contributed by atoms with van der Waals surface area (Å²) in [5.74, 6) is -0.344. The highest BCUT2D eigenvalue weighted by Crippen LogP contribution is 2.38. The van der Waals surface area contributed by atoms with Gasteiger partial charge in [0.15, 0.2) is 6.61 Å². The number of rotatable bonds is 4. The van der Waals surface area contributed by atoms with E-state index in [0.29, 0.717) is 5.75 Å². The summed E-state index contributed by atoms with van der Waals surface area (Å²) in [7, 11) is 0. The van der Waals surface area contributed by atoms with Crippen LogP contribution in [-0.2, 0) is 16.6 Å². The Morgan fingerprint density at radius 2 is 2.00 bits per heavy atom. The number of carboxylic acids is 1. The average Bonchev–Trinajstić information content (AvgIpc) is 2.24. The summed E-state index contributed by atoms with van der Waals surface area (Å²) in [5, 5.41) is 8.72. The summed E-state index contributed by atoms with van der Waals surface area (Å²) in [6, 6.07) is 4.06. The van der Waals surface area contributed by atoms with E-state index in [9.17, 15) is 4.79 Å². The number of hydrogen-bond acceptors (Lipinski definition) is 2. The maximum atomic E-state index is 10.6. The molecule has 0 unspecified atom stereocenters. The first kappa shape index (κ1) is 15.0. The zero-order valence-electron chi connectivity index (χ0n) is 11.2. The van der Waals surface area contributed by atoms with Gasteiger partial charge in [-0.25, -0.2) is 4.79 Å². The van der Waals surface area contributed by atoms with Gasteiger partial charge in [0.1, 0.15) is 5.75 Å². The normalized spacial score (nSPS) is 11.4. The van der Waals surface area contributed by atoms with E-state index in [4.69, 9.17) is 9.84 Å². The van der Waals surface area contributed by atoms with Crippen molar-refractivity contribution < 1.29 is 14.6 Å². The molecule has 0 fully saturated rings. The van der Waals surface area contributed by atoms with Crippen molar-refractivity contribution in [3.05, 3.63) is 27.7 Å². The third-order valence-corrected chi connectivity index (χ3v) is 3.25. The van der Waals surface area contributed by atoms with Crippen molar-refractivity contribution in [2.24, 2.45) is 0 Å². The fourth-order valence-electron chi connectivity index (χ4n) is 1.69. The fraction of sp³-hybridized carbons (Fsp3) is 0.500. The van der Waals surface area contributed by atoms with Gasteiger partial charge in [0.05, 0.1) is 4.47 Å². The maximum Gasteiger partial charge on any atom is 0.341 e. The Morgan fingerprint density at radius 1 is 1.39 bits per heavy atom. The van der Waals surface area contributed by atoms with Crippen LogP contribution in [0.4, 0.5) is 0 Å². The molecule has 0 saturated heterocycles. The molecule has 1 aromatic rings. The number of benzene rings is 1. The van der Waals surface area contributed by atoms with Crippen molar-refractivity contribution in [1.29, 1.82) is 0 Å². The van der Waals surface area contributed by atoms with Gasteiger partial charge in [-0.2, -0.15) is 0 Å². The van der Waals surface area contributed by atoms with Crippen molar-refractivity contribution in [3.8, 4) is 5.75 Å². The molecular weight excluding hydrogens is 296 g/mol. The fourth-order valence-corrected chi connectivity index (χ4v) is 2.31. The van der Waals surface area contributed by atoms with Crippen LogP contribution in [0.1, 0.15) is 38.8 Å². The minimum atomic E-state index is -0.971. The second kappa shape index (κ2) is 5.74. The van der Waals surface area contributed by atoms with E-state index in [1.807, 2.05) is 6.07 Å². The van der Waals surface area contributed by atoms with Gasteiger partial charge in [-0.15, -0.1) is 0 Å². The number of aryl methyl sites for hydroxylation is 1. The number of carbonyl (C=O) groups is 1. The zero-order valence-corrected chi connectivity index (χ0v) is 12.8. The lowest BCUT2D eigenvalue weighted by molar-refractivity contribution is -0.139. The topological polar surface area (TPSA) is 46.5 Å². The predicted molar refractivity (Wildman–Crippen MR) is 75.4 cm³/mol. The molecule has 0 spiro atoms. The lowest BCUT2D eigenvalue weighted by Gasteiger charge is -2.24.